The Balaban J connectivity index is 2.40. The van der Waals surface area contributed by atoms with E-state index in [4.69, 9.17) is 5.73 Å². The van der Waals surface area contributed by atoms with Gasteiger partial charge in [0.15, 0.2) is 0 Å². The second kappa shape index (κ2) is 4.94. The number of halogens is 3. The van der Waals surface area contributed by atoms with Crippen LogP contribution in [-0.2, 0) is 0 Å². The van der Waals surface area contributed by atoms with Crippen LogP contribution in [0.3, 0.4) is 0 Å². The molecule has 0 atom stereocenters. The van der Waals surface area contributed by atoms with Crippen LogP contribution in [0, 0.1) is 18.6 Å². The molecule has 18 heavy (non-hydrogen) atoms. The van der Waals surface area contributed by atoms with Crippen molar-refractivity contribution < 1.29 is 8.78 Å². The lowest BCUT2D eigenvalue weighted by atomic mass is 10.1. The van der Waals surface area contributed by atoms with Gasteiger partial charge in [-0.15, -0.1) is 0 Å². The second-order valence-corrected chi connectivity index (χ2v) is 4.75. The Morgan fingerprint density at radius 1 is 1.11 bits per heavy atom. The average Bonchev–Trinajstić information content (AvgIpc) is 2.32. The normalized spacial score (nSPS) is 10.4. The molecule has 2 nitrogen and oxygen atoms in total. The van der Waals surface area contributed by atoms with E-state index in [0.717, 1.165) is 17.7 Å². The number of benzene rings is 2. The van der Waals surface area contributed by atoms with Crippen molar-refractivity contribution in [1.29, 1.82) is 0 Å². The summed E-state index contributed by atoms with van der Waals surface area (Å²) >= 11 is 2.93. The fourth-order valence-corrected chi connectivity index (χ4v) is 1.87. The van der Waals surface area contributed by atoms with Gasteiger partial charge in [0.05, 0.1) is 10.2 Å². The van der Waals surface area contributed by atoms with Crippen LogP contribution in [0.4, 0.5) is 25.8 Å². The third-order valence-corrected chi connectivity index (χ3v) is 3.26. The largest absolute Gasteiger partial charge is 0.398 e. The Labute approximate surface area is 112 Å². The topological polar surface area (TPSA) is 38.0 Å². The molecule has 2 aromatic rings. The maximum Gasteiger partial charge on any atom is 0.147 e. The van der Waals surface area contributed by atoms with Gasteiger partial charge in [-0.25, -0.2) is 8.78 Å². The van der Waals surface area contributed by atoms with E-state index in [-0.39, 0.29) is 10.2 Å². The minimum absolute atomic E-state index is 0.0735. The number of nitrogens with one attached hydrogen (secondary N) is 1. The van der Waals surface area contributed by atoms with Crippen molar-refractivity contribution in [2.24, 2.45) is 0 Å². The molecule has 2 aromatic carbocycles. The number of nitrogen functional groups attached to an aromatic ring is 1. The molecule has 0 saturated heterocycles. The van der Waals surface area contributed by atoms with Gasteiger partial charge >= 0.3 is 0 Å². The van der Waals surface area contributed by atoms with Crippen LogP contribution in [0.1, 0.15) is 5.56 Å². The van der Waals surface area contributed by atoms with Gasteiger partial charge in [0, 0.05) is 17.4 Å². The van der Waals surface area contributed by atoms with Gasteiger partial charge in [-0.2, -0.15) is 0 Å². The summed E-state index contributed by atoms with van der Waals surface area (Å²) in [6, 6.07) is 7.43. The van der Waals surface area contributed by atoms with Gasteiger partial charge < -0.3 is 11.1 Å². The maximum atomic E-state index is 13.7. The Morgan fingerprint density at radius 3 is 2.56 bits per heavy atom. The standard InChI is InChI=1S/C13H11BrF2N2/c1-7-11(17)3-2-4-12(7)18-13-6-9(15)8(14)5-10(13)16/h2-6,18H,17H2,1H3. The summed E-state index contributed by atoms with van der Waals surface area (Å²) in [5.74, 6) is -1.06. The van der Waals surface area contributed by atoms with E-state index in [9.17, 15) is 8.78 Å². The molecule has 0 unspecified atom stereocenters. The number of hydrogen-bond acceptors (Lipinski definition) is 2. The highest BCUT2D eigenvalue weighted by Crippen LogP contribution is 2.28. The average molecular weight is 313 g/mol. The van der Waals surface area contributed by atoms with Crippen LogP contribution < -0.4 is 11.1 Å². The Morgan fingerprint density at radius 2 is 1.83 bits per heavy atom. The lowest BCUT2D eigenvalue weighted by molar-refractivity contribution is 0.598. The molecule has 5 heteroatoms. The summed E-state index contributed by atoms with van der Waals surface area (Å²) in [4.78, 5) is 0. The summed E-state index contributed by atoms with van der Waals surface area (Å²) < 4.78 is 27.1. The van der Waals surface area contributed by atoms with Crippen molar-refractivity contribution in [3.63, 3.8) is 0 Å². The highest BCUT2D eigenvalue weighted by molar-refractivity contribution is 9.10. The third kappa shape index (κ3) is 2.46. The molecule has 0 aliphatic rings. The zero-order chi connectivity index (χ0) is 13.3. The first-order valence-corrected chi connectivity index (χ1v) is 6.05. The van der Waals surface area contributed by atoms with Crippen molar-refractivity contribution in [2.75, 3.05) is 11.1 Å². The SMILES string of the molecule is Cc1c(N)cccc1Nc1cc(F)c(Br)cc1F. The van der Waals surface area contributed by atoms with Crippen molar-refractivity contribution in [3.8, 4) is 0 Å². The molecular formula is C13H11BrF2N2. The molecule has 0 amide bonds. The molecule has 0 aliphatic heterocycles. The van der Waals surface area contributed by atoms with E-state index in [1.165, 1.54) is 0 Å². The van der Waals surface area contributed by atoms with Gasteiger partial charge in [-0.3, -0.25) is 0 Å². The Bertz CT molecular complexity index is 600. The van der Waals surface area contributed by atoms with Crippen LogP contribution in [0.25, 0.3) is 0 Å². The molecule has 0 heterocycles. The molecule has 3 N–H and O–H groups in total. The van der Waals surface area contributed by atoms with Gasteiger partial charge in [0.2, 0.25) is 0 Å². The molecule has 2 rings (SSSR count). The van der Waals surface area contributed by atoms with Crippen molar-refractivity contribution in [2.45, 2.75) is 6.92 Å². The molecule has 0 bridgehead atoms. The van der Waals surface area contributed by atoms with Crippen molar-refractivity contribution >= 4 is 33.0 Å². The van der Waals surface area contributed by atoms with Crippen molar-refractivity contribution in [1.82, 2.24) is 0 Å². The van der Waals surface area contributed by atoms with E-state index < -0.39 is 11.6 Å². The van der Waals surface area contributed by atoms with E-state index in [0.29, 0.717) is 11.4 Å². The molecule has 0 saturated carbocycles. The predicted octanol–water partition coefficient (Wildman–Crippen LogP) is 4.36. The monoisotopic (exact) mass is 312 g/mol. The fraction of sp³-hybridized carbons (Fsp3) is 0.0769. The molecular weight excluding hydrogens is 302 g/mol. The first kappa shape index (κ1) is 12.8. The Kier molecular flexibility index (Phi) is 3.52. The van der Waals surface area contributed by atoms with Crippen LogP contribution in [0.5, 0.6) is 0 Å². The fourth-order valence-electron chi connectivity index (χ4n) is 1.55. The molecule has 94 valence electrons. The van der Waals surface area contributed by atoms with E-state index in [1.54, 1.807) is 18.2 Å². The third-order valence-electron chi connectivity index (χ3n) is 2.65. The summed E-state index contributed by atoms with van der Waals surface area (Å²) in [5.41, 5.74) is 7.86. The summed E-state index contributed by atoms with van der Waals surface area (Å²) in [7, 11) is 0. The zero-order valence-electron chi connectivity index (χ0n) is 9.60. The van der Waals surface area contributed by atoms with E-state index in [2.05, 4.69) is 21.2 Å². The van der Waals surface area contributed by atoms with Crippen LogP contribution in [0.15, 0.2) is 34.8 Å². The van der Waals surface area contributed by atoms with Gasteiger partial charge in [-0.05, 0) is 46.6 Å². The van der Waals surface area contributed by atoms with Crippen molar-refractivity contribution in [3.05, 3.63) is 52.0 Å². The predicted molar refractivity (Wildman–Crippen MR) is 72.9 cm³/mol. The van der Waals surface area contributed by atoms with Crippen LogP contribution >= 0.6 is 15.9 Å². The molecule has 0 spiro atoms. The second-order valence-electron chi connectivity index (χ2n) is 3.89. The smallest absolute Gasteiger partial charge is 0.147 e. The quantitative estimate of drug-likeness (QED) is 0.638. The van der Waals surface area contributed by atoms with E-state index in [1.807, 2.05) is 6.92 Å². The maximum absolute atomic E-state index is 13.7. The number of nitrogens with two attached hydrogens (primary N) is 1. The van der Waals surface area contributed by atoms with Crippen LogP contribution in [-0.4, -0.2) is 0 Å². The summed E-state index contributed by atoms with van der Waals surface area (Å²) in [6.45, 7) is 1.81. The first-order chi connectivity index (χ1) is 8.49. The molecule has 0 fully saturated rings. The number of rotatable bonds is 2. The van der Waals surface area contributed by atoms with Crippen LogP contribution in [0.2, 0.25) is 0 Å². The molecule has 0 radical (unpaired) electrons. The highest BCUT2D eigenvalue weighted by atomic mass is 79.9. The van der Waals surface area contributed by atoms with E-state index >= 15 is 0 Å². The lowest BCUT2D eigenvalue weighted by Crippen LogP contribution is -1.99. The highest BCUT2D eigenvalue weighted by Gasteiger charge is 2.10. The zero-order valence-corrected chi connectivity index (χ0v) is 11.2. The number of hydrogen-bond donors (Lipinski definition) is 2. The molecule has 0 aromatic heterocycles. The van der Waals surface area contributed by atoms with Gasteiger partial charge in [-0.1, -0.05) is 6.07 Å². The van der Waals surface area contributed by atoms with Gasteiger partial charge in [0.1, 0.15) is 11.6 Å². The lowest BCUT2D eigenvalue weighted by Gasteiger charge is -2.12. The summed E-state index contributed by atoms with van der Waals surface area (Å²) in [6.07, 6.45) is 0. The Hall–Kier alpha value is -1.62. The summed E-state index contributed by atoms with van der Waals surface area (Å²) in [5, 5.41) is 2.83. The molecule has 0 aliphatic carbocycles. The first-order valence-electron chi connectivity index (χ1n) is 5.25. The minimum atomic E-state index is -0.537. The minimum Gasteiger partial charge on any atom is -0.398 e. The van der Waals surface area contributed by atoms with Gasteiger partial charge in [0.25, 0.3) is 0 Å². The number of anilines is 3.